The van der Waals surface area contributed by atoms with Gasteiger partial charge in [-0.2, -0.15) is 0 Å². The van der Waals surface area contributed by atoms with E-state index in [-0.39, 0.29) is 17.7 Å². The highest BCUT2D eigenvalue weighted by molar-refractivity contribution is 6.30. The first-order valence-electron chi connectivity index (χ1n) is 7.92. The van der Waals surface area contributed by atoms with Crippen LogP contribution in [0.4, 0.5) is 5.69 Å². The van der Waals surface area contributed by atoms with E-state index in [0.717, 1.165) is 5.56 Å². The molecular weight excluding hydrogens is 324 g/mol. The van der Waals surface area contributed by atoms with Gasteiger partial charge in [-0.15, -0.1) is 0 Å². The molecule has 4 nitrogen and oxygen atoms in total. The van der Waals surface area contributed by atoms with E-state index in [1.807, 2.05) is 38.1 Å². The van der Waals surface area contributed by atoms with Gasteiger partial charge >= 0.3 is 0 Å². The molecule has 0 saturated carbocycles. The molecule has 1 aliphatic heterocycles. The number of nitrogens with zero attached hydrogens (tertiary/aromatic N) is 1. The van der Waals surface area contributed by atoms with Gasteiger partial charge in [0.25, 0.3) is 5.91 Å². The van der Waals surface area contributed by atoms with Gasteiger partial charge in [0.1, 0.15) is 6.04 Å². The molecule has 5 heteroatoms. The summed E-state index contributed by atoms with van der Waals surface area (Å²) in [5, 5.41) is 3.49. The Bertz CT molecular complexity index is 771. The van der Waals surface area contributed by atoms with E-state index in [9.17, 15) is 9.59 Å². The Morgan fingerprint density at radius 2 is 1.79 bits per heavy atom. The molecule has 0 aromatic heterocycles. The predicted molar refractivity (Wildman–Crippen MR) is 95.0 cm³/mol. The van der Waals surface area contributed by atoms with Crippen LogP contribution in [0, 0.1) is 5.92 Å². The smallest absolute Gasteiger partial charge is 0.255 e. The molecule has 3 rings (SSSR count). The number of fused-ring (bicyclic) bond motifs is 1. The molecule has 124 valence electrons. The maximum Gasteiger partial charge on any atom is 0.255 e. The quantitative estimate of drug-likeness (QED) is 0.914. The number of rotatable bonds is 4. The van der Waals surface area contributed by atoms with Crippen molar-refractivity contribution in [3.63, 3.8) is 0 Å². The van der Waals surface area contributed by atoms with Gasteiger partial charge in [-0.3, -0.25) is 9.59 Å². The number of hydrogen-bond acceptors (Lipinski definition) is 2. The Morgan fingerprint density at radius 3 is 2.42 bits per heavy atom. The zero-order chi connectivity index (χ0) is 17.3. The lowest BCUT2D eigenvalue weighted by atomic mass is 10.0. The number of amides is 2. The van der Waals surface area contributed by atoms with Crippen molar-refractivity contribution in [2.75, 3.05) is 5.32 Å². The second-order valence-electron chi connectivity index (χ2n) is 6.28. The van der Waals surface area contributed by atoms with Crippen LogP contribution in [-0.2, 0) is 11.3 Å². The van der Waals surface area contributed by atoms with Gasteiger partial charge in [0.15, 0.2) is 0 Å². The summed E-state index contributed by atoms with van der Waals surface area (Å²) in [5.41, 5.74) is 2.31. The van der Waals surface area contributed by atoms with E-state index < -0.39 is 6.04 Å². The van der Waals surface area contributed by atoms with Gasteiger partial charge in [-0.1, -0.05) is 43.6 Å². The Labute approximate surface area is 146 Å². The maximum absolute atomic E-state index is 12.8. The molecule has 0 spiro atoms. The molecule has 2 aromatic carbocycles. The number of anilines is 1. The Hall–Kier alpha value is -2.33. The van der Waals surface area contributed by atoms with E-state index in [4.69, 9.17) is 11.6 Å². The van der Waals surface area contributed by atoms with Gasteiger partial charge in [0.2, 0.25) is 5.91 Å². The lowest BCUT2D eigenvalue weighted by molar-refractivity contribution is -0.122. The molecule has 1 heterocycles. The summed E-state index contributed by atoms with van der Waals surface area (Å²) in [6.07, 6.45) is 0. The Morgan fingerprint density at radius 1 is 1.12 bits per heavy atom. The van der Waals surface area contributed by atoms with Crippen LogP contribution in [-0.4, -0.2) is 22.8 Å². The highest BCUT2D eigenvalue weighted by Gasteiger charge is 2.37. The zero-order valence-electron chi connectivity index (χ0n) is 13.6. The fourth-order valence-corrected chi connectivity index (χ4v) is 3.18. The normalized spacial score (nSPS) is 14.7. The van der Waals surface area contributed by atoms with Crippen LogP contribution in [0.15, 0.2) is 48.5 Å². The molecule has 0 bridgehead atoms. The largest absolute Gasteiger partial charge is 0.324 e. The summed E-state index contributed by atoms with van der Waals surface area (Å²) in [7, 11) is 0. The molecule has 0 fully saturated rings. The molecule has 24 heavy (non-hydrogen) atoms. The SMILES string of the molecule is CC(C)[C@H](C(=O)Nc1ccc(Cl)cc1)N1Cc2ccccc2C1=O. The number of nitrogens with one attached hydrogen (secondary N) is 1. The molecule has 1 aliphatic rings. The average Bonchev–Trinajstić information content (AvgIpc) is 2.87. The first-order valence-corrected chi connectivity index (χ1v) is 8.30. The van der Waals surface area contributed by atoms with Crippen LogP contribution in [0.25, 0.3) is 0 Å². The number of carbonyl (C=O) groups is 2. The first kappa shape index (κ1) is 16.5. The first-order chi connectivity index (χ1) is 11.5. The van der Waals surface area contributed by atoms with E-state index in [0.29, 0.717) is 22.8 Å². The molecule has 2 aromatic rings. The molecular formula is C19H19ClN2O2. The molecule has 2 amide bonds. The second kappa shape index (κ2) is 6.65. The van der Waals surface area contributed by atoms with Gasteiger partial charge in [0, 0.05) is 22.8 Å². The van der Waals surface area contributed by atoms with Crippen molar-refractivity contribution in [1.29, 1.82) is 0 Å². The third-order valence-electron chi connectivity index (χ3n) is 4.20. The van der Waals surface area contributed by atoms with Crippen LogP contribution >= 0.6 is 11.6 Å². The lowest BCUT2D eigenvalue weighted by Gasteiger charge is -2.29. The van der Waals surface area contributed by atoms with Crippen molar-refractivity contribution < 1.29 is 9.59 Å². The fourth-order valence-electron chi connectivity index (χ4n) is 3.06. The van der Waals surface area contributed by atoms with Crippen molar-refractivity contribution >= 4 is 29.1 Å². The van der Waals surface area contributed by atoms with Crippen molar-refractivity contribution in [3.8, 4) is 0 Å². The minimum Gasteiger partial charge on any atom is -0.324 e. The van der Waals surface area contributed by atoms with E-state index in [1.165, 1.54) is 0 Å². The standard InChI is InChI=1S/C19H19ClN2O2/c1-12(2)17(18(23)21-15-9-7-14(20)8-10-15)22-11-13-5-3-4-6-16(13)19(22)24/h3-10,12,17H,11H2,1-2H3,(H,21,23)/t17-/m1/s1. The average molecular weight is 343 g/mol. The number of hydrogen-bond donors (Lipinski definition) is 1. The Balaban J connectivity index is 1.82. The van der Waals surface area contributed by atoms with Crippen LogP contribution in [0.1, 0.15) is 29.8 Å². The summed E-state index contributed by atoms with van der Waals surface area (Å²) < 4.78 is 0. The van der Waals surface area contributed by atoms with Gasteiger partial charge in [0.05, 0.1) is 0 Å². The van der Waals surface area contributed by atoms with Crippen LogP contribution < -0.4 is 5.32 Å². The van der Waals surface area contributed by atoms with Crippen molar-refractivity contribution in [3.05, 3.63) is 64.7 Å². The minimum atomic E-state index is -0.527. The maximum atomic E-state index is 12.8. The number of halogens is 1. The highest BCUT2D eigenvalue weighted by Crippen LogP contribution is 2.27. The zero-order valence-corrected chi connectivity index (χ0v) is 14.4. The summed E-state index contributed by atoms with van der Waals surface area (Å²) in [5.74, 6) is -0.278. The summed E-state index contributed by atoms with van der Waals surface area (Å²) >= 11 is 5.87. The van der Waals surface area contributed by atoms with Crippen LogP contribution in [0.2, 0.25) is 5.02 Å². The second-order valence-corrected chi connectivity index (χ2v) is 6.71. The van der Waals surface area contributed by atoms with Crippen LogP contribution in [0.5, 0.6) is 0 Å². The van der Waals surface area contributed by atoms with Gasteiger partial charge < -0.3 is 10.2 Å². The third kappa shape index (κ3) is 3.15. The predicted octanol–water partition coefficient (Wildman–Crippen LogP) is 3.96. The summed E-state index contributed by atoms with van der Waals surface area (Å²) in [6, 6.07) is 13.9. The summed E-state index contributed by atoms with van der Waals surface area (Å²) in [6.45, 7) is 4.36. The van der Waals surface area contributed by atoms with Crippen molar-refractivity contribution in [2.24, 2.45) is 5.92 Å². The van der Waals surface area contributed by atoms with Crippen molar-refractivity contribution in [2.45, 2.75) is 26.4 Å². The number of benzene rings is 2. The minimum absolute atomic E-state index is 0.00411. The highest BCUT2D eigenvalue weighted by atomic mass is 35.5. The van der Waals surface area contributed by atoms with Gasteiger partial charge in [-0.05, 0) is 41.8 Å². The molecule has 1 N–H and O–H groups in total. The van der Waals surface area contributed by atoms with Crippen LogP contribution in [0.3, 0.4) is 0 Å². The lowest BCUT2D eigenvalue weighted by Crippen LogP contribution is -2.47. The van der Waals surface area contributed by atoms with Gasteiger partial charge in [-0.25, -0.2) is 0 Å². The molecule has 0 aliphatic carbocycles. The van der Waals surface area contributed by atoms with E-state index in [2.05, 4.69) is 5.32 Å². The molecule has 0 saturated heterocycles. The molecule has 0 radical (unpaired) electrons. The Kier molecular flexibility index (Phi) is 4.58. The van der Waals surface area contributed by atoms with Crippen molar-refractivity contribution in [1.82, 2.24) is 4.90 Å². The van der Waals surface area contributed by atoms with E-state index in [1.54, 1.807) is 29.2 Å². The summed E-state index contributed by atoms with van der Waals surface area (Å²) in [4.78, 5) is 27.1. The molecule has 0 unspecified atom stereocenters. The molecule has 1 atom stereocenters. The fraction of sp³-hybridized carbons (Fsp3) is 0.263. The number of carbonyl (C=O) groups excluding carboxylic acids is 2. The van der Waals surface area contributed by atoms with E-state index >= 15 is 0 Å². The topological polar surface area (TPSA) is 49.4 Å². The monoisotopic (exact) mass is 342 g/mol. The third-order valence-corrected chi connectivity index (χ3v) is 4.45.